The van der Waals surface area contributed by atoms with Crippen LogP contribution in [0.3, 0.4) is 0 Å². The number of nitrogens with zero attached hydrogens (tertiary/aromatic N) is 1. The zero-order chi connectivity index (χ0) is 11.9. The molecule has 1 aromatic heterocycles. The summed E-state index contributed by atoms with van der Waals surface area (Å²) in [6, 6.07) is 0. The van der Waals surface area contributed by atoms with Crippen LogP contribution >= 0.6 is 11.8 Å². The van der Waals surface area contributed by atoms with Gasteiger partial charge in [0.25, 0.3) is 0 Å². The molecule has 2 heterocycles. The molecule has 0 saturated heterocycles. The molecule has 0 spiro atoms. The average molecular weight is 240 g/mol. The number of carboxylic acid groups (broad SMARTS) is 1. The summed E-state index contributed by atoms with van der Waals surface area (Å²) < 4.78 is 1.68. The van der Waals surface area contributed by atoms with Gasteiger partial charge in [0.05, 0.1) is 10.6 Å². The smallest absolute Gasteiger partial charge is 0.353 e. The summed E-state index contributed by atoms with van der Waals surface area (Å²) in [5, 5.41) is 12.9. The molecule has 2 N–H and O–H groups in total. The summed E-state index contributed by atoms with van der Waals surface area (Å²) in [6.45, 7) is 5.22. The van der Waals surface area contributed by atoms with Gasteiger partial charge in [0.1, 0.15) is 5.69 Å². The fraction of sp³-hybridized carbons (Fsp3) is 0.545. The van der Waals surface area contributed by atoms with Crippen LogP contribution in [0.2, 0.25) is 0 Å². The van der Waals surface area contributed by atoms with Crippen molar-refractivity contribution in [3.8, 4) is 0 Å². The molecule has 1 aromatic rings. The minimum absolute atomic E-state index is 0.387. The number of aromatic carboxylic acids is 1. The van der Waals surface area contributed by atoms with Crippen molar-refractivity contribution in [2.24, 2.45) is 13.0 Å². The first kappa shape index (κ1) is 11.4. The first-order valence-corrected chi connectivity index (χ1v) is 6.21. The van der Waals surface area contributed by atoms with Gasteiger partial charge in [-0.15, -0.1) is 11.8 Å². The number of anilines is 1. The molecule has 0 fully saturated rings. The molecular formula is C11H16N2O2S. The summed E-state index contributed by atoms with van der Waals surface area (Å²) in [5.41, 5.74) is 1.33. The number of carbonyl (C=O) groups is 1. The molecule has 0 aromatic carbocycles. The Hall–Kier alpha value is -1.10. The number of aryl methyl sites for hydroxylation is 1. The number of fused-ring (bicyclic) bond motifs is 1. The Labute approximate surface area is 99.0 Å². The second-order valence-electron chi connectivity index (χ2n) is 4.42. The maximum absolute atomic E-state index is 11.2. The van der Waals surface area contributed by atoms with Crippen molar-refractivity contribution in [1.82, 2.24) is 4.57 Å². The highest BCUT2D eigenvalue weighted by molar-refractivity contribution is 8.00. The normalized spacial score (nSPS) is 19.4. The lowest BCUT2D eigenvalue weighted by Crippen LogP contribution is -2.25. The van der Waals surface area contributed by atoms with Crippen molar-refractivity contribution in [2.45, 2.75) is 24.0 Å². The van der Waals surface area contributed by atoms with Gasteiger partial charge in [-0.3, -0.25) is 0 Å². The average Bonchev–Trinajstić information content (AvgIpc) is 2.51. The van der Waals surface area contributed by atoms with Crippen LogP contribution in [0, 0.1) is 5.92 Å². The molecule has 0 aliphatic carbocycles. The molecule has 5 heteroatoms. The Morgan fingerprint density at radius 3 is 2.94 bits per heavy atom. The van der Waals surface area contributed by atoms with Crippen LogP contribution in [0.4, 0.5) is 5.69 Å². The Kier molecular flexibility index (Phi) is 2.88. The highest BCUT2D eigenvalue weighted by atomic mass is 32.2. The Balaban J connectivity index is 2.39. The number of carboxylic acids is 1. The van der Waals surface area contributed by atoms with Gasteiger partial charge < -0.3 is 15.0 Å². The van der Waals surface area contributed by atoms with Gasteiger partial charge in [0.2, 0.25) is 0 Å². The lowest BCUT2D eigenvalue weighted by atomic mass is 10.1. The first-order valence-electron chi connectivity index (χ1n) is 5.34. The van der Waals surface area contributed by atoms with Crippen LogP contribution in [0.25, 0.3) is 0 Å². The summed E-state index contributed by atoms with van der Waals surface area (Å²) in [5.74, 6) is -0.324. The van der Waals surface area contributed by atoms with E-state index in [4.69, 9.17) is 0 Å². The molecule has 1 unspecified atom stereocenters. The van der Waals surface area contributed by atoms with Crippen LogP contribution in [0.15, 0.2) is 11.1 Å². The van der Waals surface area contributed by atoms with Crippen LogP contribution < -0.4 is 5.32 Å². The third kappa shape index (κ3) is 1.80. The van der Waals surface area contributed by atoms with E-state index in [0.29, 0.717) is 16.9 Å². The predicted molar refractivity (Wildman–Crippen MR) is 65.3 cm³/mol. The molecule has 0 amide bonds. The SMILES string of the molecule is CC(C)C1CNc2cn(C)c(C(=O)O)c2S1. The fourth-order valence-corrected chi connectivity index (χ4v) is 3.21. The molecule has 2 rings (SSSR count). The van der Waals surface area contributed by atoms with Crippen molar-refractivity contribution in [3.05, 3.63) is 11.9 Å². The Bertz CT molecular complexity index is 426. The van der Waals surface area contributed by atoms with Gasteiger partial charge in [-0.2, -0.15) is 0 Å². The van der Waals surface area contributed by atoms with E-state index < -0.39 is 5.97 Å². The molecule has 4 nitrogen and oxygen atoms in total. The summed E-state index contributed by atoms with van der Waals surface area (Å²) in [7, 11) is 1.77. The number of rotatable bonds is 2. The topological polar surface area (TPSA) is 54.3 Å². The molecule has 1 aliphatic rings. The van der Waals surface area contributed by atoms with Crippen molar-refractivity contribution in [3.63, 3.8) is 0 Å². The van der Waals surface area contributed by atoms with Gasteiger partial charge in [-0.25, -0.2) is 4.79 Å². The van der Waals surface area contributed by atoms with Crippen LogP contribution in [0.5, 0.6) is 0 Å². The minimum Gasteiger partial charge on any atom is -0.477 e. The summed E-state index contributed by atoms with van der Waals surface area (Å²) >= 11 is 1.68. The maximum Gasteiger partial charge on any atom is 0.353 e. The molecule has 16 heavy (non-hydrogen) atoms. The summed E-state index contributed by atoms with van der Waals surface area (Å²) in [4.78, 5) is 12.0. The lowest BCUT2D eigenvalue weighted by Gasteiger charge is -2.26. The third-order valence-corrected chi connectivity index (χ3v) is 4.51. The molecule has 1 atom stereocenters. The van der Waals surface area contributed by atoms with E-state index in [2.05, 4.69) is 19.2 Å². The zero-order valence-corrected chi connectivity index (χ0v) is 10.5. The van der Waals surface area contributed by atoms with Crippen molar-refractivity contribution >= 4 is 23.4 Å². The Morgan fingerprint density at radius 2 is 2.38 bits per heavy atom. The number of hydrogen-bond donors (Lipinski definition) is 2. The molecule has 0 radical (unpaired) electrons. The van der Waals surface area contributed by atoms with Gasteiger partial charge >= 0.3 is 5.97 Å². The molecule has 1 aliphatic heterocycles. The lowest BCUT2D eigenvalue weighted by molar-refractivity contribution is 0.0682. The highest BCUT2D eigenvalue weighted by Gasteiger charge is 2.28. The van der Waals surface area contributed by atoms with Gasteiger partial charge in [0.15, 0.2) is 0 Å². The molecule has 0 bridgehead atoms. The van der Waals surface area contributed by atoms with Gasteiger partial charge in [-0.05, 0) is 5.92 Å². The summed E-state index contributed by atoms with van der Waals surface area (Å²) in [6.07, 6.45) is 1.85. The van der Waals surface area contributed by atoms with E-state index >= 15 is 0 Å². The number of aromatic nitrogens is 1. The first-order chi connectivity index (χ1) is 7.50. The van der Waals surface area contributed by atoms with E-state index in [-0.39, 0.29) is 0 Å². The quantitative estimate of drug-likeness (QED) is 0.832. The van der Waals surface area contributed by atoms with Crippen molar-refractivity contribution in [2.75, 3.05) is 11.9 Å². The van der Waals surface area contributed by atoms with Gasteiger partial charge in [0, 0.05) is 25.0 Å². The van der Waals surface area contributed by atoms with E-state index in [9.17, 15) is 9.90 Å². The Morgan fingerprint density at radius 1 is 1.69 bits per heavy atom. The number of hydrogen-bond acceptors (Lipinski definition) is 3. The van der Waals surface area contributed by atoms with Crippen LogP contribution in [-0.4, -0.2) is 27.4 Å². The largest absolute Gasteiger partial charge is 0.477 e. The third-order valence-electron chi connectivity index (χ3n) is 2.84. The van der Waals surface area contributed by atoms with E-state index in [0.717, 1.165) is 17.1 Å². The maximum atomic E-state index is 11.2. The van der Waals surface area contributed by atoms with E-state index in [1.165, 1.54) is 0 Å². The molecule has 0 saturated carbocycles. The molecular weight excluding hydrogens is 224 g/mol. The second-order valence-corrected chi connectivity index (χ2v) is 5.67. The second kappa shape index (κ2) is 4.05. The standard InChI is InChI=1S/C11H16N2O2S/c1-6(2)8-4-12-7-5-13(3)9(11(14)15)10(7)16-8/h5-6,8,12H,4H2,1-3H3,(H,14,15). The monoisotopic (exact) mass is 240 g/mol. The number of thioether (sulfide) groups is 1. The van der Waals surface area contributed by atoms with Crippen LogP contribution in [-0.2, 0) is 7.05 Å². The van der Waals surface area contributed by atoms with E-state index in [1.807, 2.05) is 6.20 Å². The number of nitrogens with one attached hydrogen (secondary N) is 1. The zero-order valence-electron chi connectivity index (χ0n) is 9.65. The van der Waals surface area contributed by atoms with Crippen LogP contribution in [0.1, 0.15) is 24.3 Å². The minimum atomic E-state index is -0.859. The van der Waals surface area contributed by atoms with Gasteiger partial charge in [-0.1, -0.05) is 13.8 Å². The van der Waals surface area contributed by atoms with Crippen molar-refractivity contribution in [1.29, 1.82) is 0 Å². The van der Waals surface area contributed by atoms with E-state index in [1.54, 1.807) is 23.4 Å². The highest BCUT2D eigenvalue weighted by Crippen LogP contribution is 2.40. The van der Waals surface area contributed by atoms with Crippen molar-refractivity contribution < 1.29 is 9.90 Å². The predicted octanol–water partition coefficient (Wildman–Crippen LogP) is 2.27. The molecule has 88 valence electrons. The fourth-order valence-electron chi connectivity index (χ4n) is 1.87.